The van der Waals surface area contributed by atoms with Gasteiger partial charge in [-0.05, 0) is 44.7 Å². The van der Waals surface area contributed by atoms with Crippen LogP contribution in [0.2, 0.25) is 0 Å². The van der Waals surface area contributed by atoms with E-state index in [-0.39, 0.29) is 11.8 Å². The average molecular weight is 328 g/mol. The number of piperidine rings is 1. The van der Waals surface area contributed by atoms with E-state index in [0.29, 0.717) is 25.3 Å². The summed E-state index contributed by atoms with van der Waals surface area (Å²) < 4.78 is 5.84. The molecule has 5 nitrogen and oxygen atoms in total. The molecule has 1 fully saturated rings. The van der Waals surface area contributed by atoms with Crippen LogP contribution in [-0.2, 0) is 4.79 Å². The van der Waals surface area contributed by atoms with E-state index in [2.05, 4.69) is 5.32 Å². The summed E-state index contributed by atoms with van der Waals surface area (Å²) in [6.07, 6.45) is 2.63. The fourth-order valence-corrected chi connectivity index (χ4v) is 3.22. The van der Waals surface area contributed by atoms with Crippen molar-refractivity contribution in [3.8, 4) is 0 Å². The van der Waals surface area contributed by atoms with Crippen LogP contribution in [0.4, 0.5) is 0 Å². The SMILES string of the molecule is Cc1ccc2c(C)c(C(=O)NCCN3CCCCC3=O)oc2c1C. The molecule has 0 saturated carbocycles. The van der Waals surface area contributed by atoms with Gasteiger partial charge >= 0.3 is 0 Å². The van der Waals surface area contributed by atoms with Crippen LogP contribution in [0.5, 0.6) is 0 Å². The summed E-state index contributed by atoms with van der Waals surface area (Å²) >= 11 is 0. The molecule has 1 saturated heterocycles. The summed E-state index contributed by atoms with van der Waals surface area (Å²) in [5, 5.41) is 3.86. The lowest BCUT2D eigenvalue weighted by atomic mass is 10.0. The van der Waals surface area contributed by atoms with Crippen LogP contribution in [0.3, 0.4) is 0 Å². The Morgan fingerprint density at radius 2 is 2.00 bits per heavy atom. The molecule has 3 rings (SSSR count). The van der Waals surface area contributed by atoms with Crippen LogP contribution >= 0.6 is 0 Å². The maximum absolute atomic E-state index is 12.4. The Balaban J connectivity index is 1.69. The molecule has 0 aliphatic carbocycles. The van der Waals surface area contributed by atoms with Gasteiger partial charge in [0.1, 0.15) is 5.58 Å². The molecule has 0 atom stereocenters. The molecule has 0 radical (unpaired) electrons. The molecule has 1 aromatic carbocycles. The summed E-state index contributed by atoms with van der Waals surface area (Å²) in [6.45, 7) is 7.73. The second-order valence-corrected chi connectivity index (χ2v) is 6.53. The first kappa shape index (κ1) is 16.6. The molecule has 2 amide bonds. The van der Waals surface area contributed by atoms with E-state index in [1.807, 2.05) is 37.8 Å². The Morgan fingerprint density at radius 3 is 2.75 bits per heavy atom. The lowest BCUT2D eigenvalue weighted by Crippen LogP contribution is -2.41. The first-order valence-electron chi connectivity index (χ1n) is 8.54. The number of amides is 2. The van der Waals surface area contributed by atoms with Gasteiger partial charge in [0.15, 0.2) is 5.76 Å². The van der Waals surface area contributed by atoms with Crippen LogP contribution in [0, 0.1) is 20.8 Å². The Kier molecular flexibility index (Phi) is 4.60. The highest BCUT2D eigenvalue weighted by molar-refractivity contribution is 5.99. The van der Waals surface area contributed by atoms with Crippen molar-refractivity contribution in [2.24, 2.45) is 0 Å². The normalized spacial score (nSPS) is 15.1. The lowest BCUT2D eigenvalue weighted by molar-refractivity contribution is -0.133. The molecular weight excluding hydrogens is 304 g/mol. The number of hydrogen-bond donors (Lipinski definition) is 1. The average Bonchev–Trinajstić information content (AvgIpc) is 2.90. The number of aryl methyl sites for hydroxylation is 3. The fourth-order valence-electron chi connectivity index (χ4n) is 3.22. The largest absolute Gasteiger partial charge is 0.450 e. The number of benzene rings is 1. The molecule has 128 valence electrons. The number of carbonyl (C=O) groups excluding carboxylic acids is 2. The molecule has 1 N–H and O–H groups in total. The van der Waals surface area contributed by atoms with E-state index in [1.54, 1.807) is 0 Å². The first-order chi connectivity index (χ1) is 11.5. The van der Waals surface area contributed by atoms with Crippen LogP contribution in [-0.4, -0.2) is 36.3 Å². The summed E-state index contributed by atoms with van der Waals surface area (Å²) in [5.41, 5.74) is 3.85. The highest BCUT2D eigenvalue weighted by Crippen LogP contribution is 2.29. The Labute approximate surface area is 142 Å². The van der Waals surface area contributed by atoms with Gasteiger partial charge < -0.3 is 14.6 Å². The van der Waals surface area contributed by atoms with Crippen LogP contribution < -0.4 is 5.32 Å². The summed E-state index contributed by atoms with van der Waals surface area (Å²) in [7, 11) is 0. The number of rotatable bonds is 4. The van der Waals surface area contributed by atoms with Crippen molar-refractivity contribution >= 4 is 22.8 Å². The van der Waals surface area contributed by atoms with Gasteiger partial charge in [0.2, 0.25) is 5.91 Å². The monoisotopic (exact) mass is 328 g/mol. The van der Waals surface area contributed by atoms with Crippen molar-refractivity contribution in [3.05, 3.63) is 34.6 Å². The van der Waals surface area contributed by atoms with E-state index < -0.39 is 0 Å². The summed E-state index contributed by atoms with van der Waals surface area (Å²) in [6, 6.07) is 4.05. The molecule has 2 heterocycles. The Bertz CT molecular complexity index is 791. The third kappa shape index (κ3) is 3.03. The number of fused-ring (bicyclic) bond motifs is 1. The molecule has 1 aromatic heterocycles. The maximum atomic E-state index is 12.4. The maximum Gasteiger partial charge on any atom is 0.287 e. The molecule has 0 unspecified atom stereocenters. The summed E-state index contributed by atoms with van der Waals surface area (Å²) in [4.78, 5) is 26.0. The van der Waals surface area contributed by atoms with Crippen molar-refractivity contribution in [1.82, 2.24) is 10.2 Å². The second kappa shape index (κ2) is 6.67. The third-order valence-electron chi connectivity index (χ3n) is 4.92. The number of nitrogens with one attached hydrogen (secondary N) is 1. The molecule has 24 heavy (non-hydrogen) atoms. The predicted molar refractivity (Wildman–Crippen MR) is 93.2 cm³/mol. The second-order valence-electron chi connectivity index (χ2n) is 6.53. The minimum absolute atomic E-state index is 0.182. The predicted octanol–water partition coefficient (Wildman–Crippen LogP) is 3.10. The van der Waals surface area contributed by atoms with Crippen molar-refractivity contribution in [1.29, 1.82) is 0 Å². The van der Waals surface area contributed by atoms with Gasteiger partial charge in [-0.2, -0.15) is 0 Å². The topological polar surface area (TPSA) is 62.6 Å². The highest BCUT2D eigenvalue weighted by atomic mass is 16.3. The molecule has 1 aliphatic heterocycles. The van der Waals surface area contributed by atoms with Gasteiger partial charge in [0.25, 0.3) is 5.91 Å². The van der Waals surface area contributed by atoms with E-state index in [0.717, 1.165) is 47.0 Å². The molecule has 2 aromatic rings. The lowest BCUT2D eigenvalue weighted by Gasteiger charge is -2.26. The van der Waals surface area contributed by atoms with E-state index in [9.17, 15) is 9.59 Å². The van der Waals surface area contributed by atoms with Crippen LogP contribution in [0.25, 0.3) is 11.0 Å². The zero-order valence-electron chi connectivity index (χ0n) is 14.6. The number of carbonyl (C=O) groups is 2. The Hall–Kier alpha value is -2.30. The quantitative estimate of drug-likeness (QED) is 0.938. The van der Waals surface area contributed by atoms with Crippen molar-refractivity contribution in [3.63, 3.8) is 0 Å². The minimum Gasteiger partial charge on any atom is -0.450 e. The van der Waals surface area contributed by atoms with E-state index >= 15 is 0 Å². The zero-order valence-corrected chi connectivity index (χ0v) is 14.6. The first-order valence-corrected chi connectivity index (χ1v) is 8.54. The van der Waals surface area contributed by atoms with Gasteiger partial charge in [-0.25, -0.2) is 0 Å². The minimum atomic E-state index is -0.217. The smallest absolute Gasteiger partial charge is 0.287 e. The van der Waals surface area contributed by atoms with Crippen LogP contribution in [0.1, 0.15) is 46.5 Å². The van der Waals surface area contributed by atoms with E-state index in [4.69, 9.17) is 4.42 Å². The molecule has 0 bridgehead atoms. The molecule has 5 heteroatoms. The van der Waals surface area contributed by atoms with E-state index in [1.165, 1.54) is 0 Å². The van der Waals surface area contributed by atoms with Gasteiger partial charge in [-0.15, -0.1) is 0 Å². The number of hydrogen-bond acceptors (Lipinski definition) is 3. The molecular formula is C19H24N2O3. The third-order valence-corrected chi connectivity index (χ3v) is 4.92. The van der Waals surface area contributed by atoms with Gasteiger partial charge in [-0.3, -0.25) is 9.59 Å². The number of likely N-dealkylation sites (tertiary alicyclic amines) is 1. The standard InChI is InChI=1S/C19H24N2O3/c1-12-7-8-15-14(3)18(24-17(15)13(12)2)19(23)20-9-11-21-10-5-4-6-16(21)22/h7-8H,4-6,9-11H2,1-3H3,(H,20,23). The fraction of sp³-hybridized carbons (Fsp3) is 0.474. The molecule has 0 spiro atoms. The van der Waals surface area contributed by atoms with Crippen molar-refractivity contribution < 1.29 is 14.0 Å². The van der Waals surface area contributed by atoms with Crippen molar-refractivity contribution in [2.75, 3.05) is 19.6 Å². The number of nitrogens with zero attached hydrogens (tertiary/aromatic N) is 1. The van der Waals surface area contributed by atoms with Gasteiger partial charge in [0, 0.05) is 37.0 Å². The van der Waals surface area contributed by atoms with Gasteiger partial charge in [-0.1, -0.05) is 12.1 Å². The molecule has 1 aliphatic rings. The number of furan rings is 1. The summed E-state index contributed by atoms with van der Waals surface area (Å²) in [5.74, 6) is 0.329. The van der Waals surface area contributed by atoms with Crippen molar-refractivity contribution in [2.45, 2.75) is 40.0 Å². The van der Waals surface area contributed by atoms with Gasteiger partial charge in [0.05, 0.1) is 0 Å². The van der Waals surface area contributed by atoms with Crippen LogP contribution in [0.15, 0.2) is 16.5 Å². The zero-order chi connectivity index (χ0) is 17.3. The highest BCUT2D eigenvalue weighted by Gasteiger charge is 2.20. The Morgan fingerprint density at radius 1 is 1.21 bits per heavy atom.